The van der Waals surface area contributed by atoms with Crippen LogP contribution in [0.3, 0.4) is 0 Å². The Kier molecular flexibility index (Phi) is 4.37. The van der Waals surface area contributed by atoms with E-state index in [1.165, 1.54) is 7.11 Å². The van der Waals surface area contributed by atoms with Gasteiger partial charge in [-0.2, -0.15) is 5.10 Å². The molecule has 0 aliphatic heterocycles. The Labute approximate surface area is 139 Å². The maximum atomic E-state index is 12.6. The molecule has 8 nitrogen and oxygen atoms in total. The largest absolute Gasteiger partial charge is 0.464 e. The van der Waals surface area contributed by atoms with Crippen molar-refractivity contribution in [3.8, 4) is 0 Å². The van der Waals surface area contributed by atoms with E-state index in [1.54, 1.807) is 10.9 Å². The fourth-order valence-corrected chi connectivity index (χ4v) is 2.86. The highest BCUT2D eigenvalue weighted by Gasteiger charge is 2.28. The Balaban J connectivity index is 1.87. The Morgan fingerprint density at radius 1 is 1.46 bits per heavy atom. The van der Waals surface area contributed by atoms with Crippen molar-refractivity contribution in [1.82, 2.24) is 14.9 Å². The molecule has 0 unspecified atom stereocenters. The van der Waals surface area contributed by atoms with E-state index in [-0.39, 0.29) is 11.4 Å². The van der Waals surface area contributed by atoms with Gasteiger partial charge in [0.25, 0.3) is 5.91 Å². The van der Waals surface area contributed by atoms with Gasteiger partial charge in [-0.25, -0.2) is 4.79 Å². The number of aryl methyl sites for hydroxylation is 2. The molecule has 2 aromatic rings. The van der Waals surface area contributed by atoms with Crippen LogP contribution in [0.4, 0.5) is 5.69 Å². The predicted molar refractivity (Wildman–Crippen MR) is 84.9 cm³/mol. The fourth-order valence-electron chi connectivity index (χ4n) is 2.86. The van der Waals surface area contributed by atoms with Gasteiger partial charge in [-0.15, -0.1) is 0 Å². The van der Waals surface area contributed by atoms with Crippen LogP contribution in [0.2, 0.25) is 0 Å². The smallest absolute Gasteiger partial charge is 0.360 e. The zero-order chi connectivity index (χ0) is 17.3. The van der Waals surface area contributed by atoms with Crippen molar-refractivity contribution in [3.05, 3.63) is 28.9 Å². The summed E-state index contributed by atoms with van der Waals surface area (Å²) in [6, 6.07) is 0. The Morgan fingerprint density at radius 2 is 2.25 bits per heavy atom. The predicted octanol–water partition coefficient (Wildman–Crippen LogP) is 2.05. The minimum absolute atomic E-state index is 0.0680. The lowest BCUT2D eigenvalue weighted by atomic mass is 9.88. The number of rotatable bonds is 4. The molecule has 1 N–H and O–H groups in total. The average Bonchev–Trinajstić information content (AvgIpc) is 3.17. The number of fused-ring (bicyclic) bond motifs is 1. The van der Waals surface area contributed by atoms with Crippen molar-refractivity contribution < 1.29 is 18.8 Å². The van der Waals surface area contributed by atoms with Crippen LogP contribution in [0.5, 0.6) is 0 Å². The first kappa shape index (κ1) is 16.2. The summed E-state index contributed by atoms with van der Waals surface area (Å²) in [5.74, 6) is 0.246. The number of ether oxygens (including phenoxy) is 1. The van der Waals surface area contributed by atoms with Crippen LogP contribution in [-0.2, 0) is 24.1 Å². The molecule has 0 spiro atoms. The summed E-state index contributed by atoms with van der Waals surface area (Å²) >= 11 is 0. The van der Waals surface area contributed by atoms with E-state index < -0.39 is 11.9 Å². The molecule has 0 radical (unpaired) electrons. The lowest BCUT2D eigenvalue weighted by Gasteiger charge is -2.16. The van der Waals surface area contributed by atoms with Gasteiger partial charge in [0, 0.05) is 24.7 Å². The number of esters is 1. The SMILES string of the molecule is CCn1cc(NC(=O)c2noc3c2C[C@H](C)CC3)c(C(=O)OC)n1. The Bertz CT molecular complexity index is 777. The number of hydrogen-bond acceptors (Lipinski definition) is 6. The third kappa shape index (κ3) is 2.91. The number of carbonyl (C=O) groups is 2. The highest BCUT2D eigenvalue weighted by Crippen LogP contribution is 2.28. The Morgan fingerprint density at radius 3 is 2.96 bits per heavy atom. The maximum absolute atomic E-state index is 12.6. The van der Waals surface area contributed by atoms with Crippen LogP contribution >= 0.6 is 0 Å². The van der Waals surface area contributed by atoms with Crippen LogP contribution in [0, 0.1) is 5.92 Å². The van der Waals surface area contributed by atoms with E-state index in [9.17, 15) is 9.59 Å². The summed E-state index contributed by atoms with van der Waals surface area (Å²) in [6.45, 7) is 4.59. The van der Waals surface area contributed by atoms with Crippen LogP contribution in [0.15, 0.2) is 10.7 Å². The van der Waals surface area contributed by atoms with Gasteiger partial charge < -0.3 is 14.6 Å². The number of methoxy groups -OCH3 is 1. The van der Waals surface area contributed by atoms with E-state index in [1.807, 2.05) is 6.92 Å². The molecule has 2 aromatic heterocycles. The zero-order valence-electron chi connectivity index (χ0n) is 14.0. The molecule has 0 bridgehead atoms. The van der Waals surface area contributed by atoms with E-state index in [2.05, 4.69) is 22.5 Å². The summed E-state index contributed by atoms with van der Waals surface area (Å²) in [6.07, 6.45) is 4.18. The van der Waals surface area contributed by atoms with Crippen molar-refractivity contribution in [1.29, 1.82) is 0 Å². The van der Waals surface area contributed by atoms with Crippen molar-refractivity contribution in [2.24, 2.45) is 5.92 Å². The van der Waals surface area contributed by atoms with Crippen molar-refractivity contribution in [2.75, 3.05) is 12.4 Å². The monoisotopic (exact) mass is 332 g/mol. The number of anilines is 1. The lowest BCUT2D eigenvalue weighted by molar-refractivity contribution is 0.0594. The van der Waals surface area contributed by atoms with E-state index in [0.717, 1.165) is 30.6 Å². The quantitative estimate of drug-likeness (QED) is 0.860. The van der Waals surface area contributed by atoms with Gasteiger partial charge in [0.05, 0.1) is 12.8 Å². The second kappa shape index (κ2) is 6.46. The van der Waals surface area contributed by atoms with E-state index in [0.29, 0.717) is 18.2 Å². The van der Waals surface area contributed by atoms with Gasteiger partial charge in [0.15, 0.2) is 11.4 Å². The zero-order valence-corrected chi connectivity index (χ0v) is 14.0. The van der Waals surface area contributed by atoms with Gasteiger partial charge in [-0.1, -0.05) is 12.1 Å². The Hall–Kier alpha value is -2.64. The summed E-state index contributed by atoms with van der Waals surface area (Å²) in [5, 5.41) is 10.7. The molecule has 1 aliphatic carbocycles. The number of nitrogens with zero attached hydrogens (tertiary/aromatic N) is 3. The summed E-state index contributed by atoms with van der Waals surface area (Å²) in [7, 11) is 1.27. The second-order valence-electron chi connectivity index (χ2n) is 5.97. The topological polar surface area (TPSA) is 99.2 Å². The first-order valence-electron chi connectivity index (χ1n) is 7.98. The lowest BCUT2D eigenvalue weighted by Crippen LogP contribution is -2.19. The normalized spacial score (nSPS) is 16.5. The highest BCUT2D eigenvalue weighted by molar-refractivity contribution is 6.07. The maximum Gasteiger partial charge on any atom is 0.360 e. The average molecular weight is 332 g/mol. The molecule has 0 aromatic carbocycles. The number of amides is 1. The number of aromatic nitrogens is 3. The molecule has 128 valence electrons. The van der Waals surface area contributed by atoms with Crippen molar-refractivity contribution in [3.63, 3.8) is 0 Å². The van der Waals surface area contributed by atoms with Crippen molar-refractivity contribution >= 4 is 17.6 Å². The third-order valence-electron chi connectivity index (χ3n) is 4.21. The van der Waals surface area contributed by atoms with E-state index in [4.69, 9.17) is 9.26 Å². The summed E-state index contributed by atoms with van der Waals surface area (Å²) in [5.41, 5.74) is 1.50. The van der Waals surface area contributed by atoms with Crippen LogP contribution < -0.4 is 5.32 Å². The first-order chi connectivity index (χ1) is 11.5. The van der Waals surface area contributed by atoms with Gasteiger partial charge in [-0.3, -0.25) is 9.48 Å². The minimum Gasteiger partial charge on any atom is -0.464 e. The molecule has 1 aliphatic rings. The molecule has 24 heavy (non-hydrogen) atoms. The summed E-state index contributed by atoms with van der Waals surface area (Å²) < 4.78 is 11.6. The first-order valence-corrected chi connectivity index (χ1v) is 7.98. The minimum atomic E-state index is -0.603. The van der Waals surface area contributed by atoms with Gasteiger partial charge >= 0.3 is 5.97 Å². The van der Waals surface area contributed by atoms with E-state index >= 15 is 0 Å². The van der Waals surface area contributed by atoms with Gasteiger partial charge in [0.1, 0.15) is 5.76 Å². The summed E-state index contributed by atoms with van der Waals surface area (Å²) in [4.78, 5) is 24.4. The fraction of sp³-hybridized carbons (Fsp3) is 0.500. The molecule has 2 heterocycles. The van der Waals surface area contributed by atoms with Crippen molar-refractivity contribution in [2.45, 2.75) is 39.7 Å². The molecule has 0 saturated carbocycles. The molecule has 0 saturated heterocycles. The standard InChI is InChI=1S/C16H20N4O4/c1-4-20-8-11(14(18-20)16(22)23-3)17-15(21)13-10-7-9(2)5-6-12(10)24-19-13/h8-9H,4-7H2,1-3H3,(H,17,21)/t9-/m1/s1. The third-order valence-corrected chi connectivity index (χ3v) is 4.21. The van der Waals surface area contributed by atoms with Gasteiger partial charge in [0.2, 0.25) is 0 Å². The molecule has 1 amide bonds. The number of nitrogens with one attached hydrogen (secondary N) is 1. The van der Waals surface area contributed by atoms with Crippen LogP contribution in [0.25, 0.3) is 0 Å². The van der Waals surface area contributed by atoms with Crippen LogP contribution in [-0.4, -0.2) is 33.9 Å². The van der Waals surface area contributed by atoms with Crippen LogP contribution in [0.1, 0.15) is 52.6 Å². The molecule has 1 atom stereocenters. The molecular weight excluding hydrogens is 312 g/mol. The molecule has 8 heteroatoms. The second-order valence-corrected chi connectivity index (χ2v) is 5.97. The molecule has 3 rings (SSSR count). The van der Waals surface area contributed by atoms with Gasteiger partial charge in [-0.05, 0) is 25.7 Å². The molecule has 0 fully saturated rings. The highest BCUT2D eigenvalue weighted by atomic mass is 16.5. The molecular formula is C16H20N4O4. The number of hydrogen-bond donors (Lipinski definition) is 1. The number of carbonyl (C=O) groups excluding carboxylic acids is 2.